The second-order valence-electron chi connectivity index (χ2n) is 18.4. The molecule has 0 spiro atoms. The fraction of sp³-hybridized carbons (Fsp3) is 0.396. The minimum Gasteiger partial charge on any atom is -0.778 e. The zero-order valence-corrected chi connectivity index (χ0v) is 51.2. The maximum absolute atomic E-state index is 12.8. The molecule has 5 aromatic rings. The number of aryl methyl sites for hydroxylation is 2. The summed E-state index contributed by atoms with van der Waals surface area (Å²) in [6.45, 7) is 7.24. The number of ether oxygens (including phenoxy) is 3. The highest BCUT2D eigenvalue weighted by Gasteiger charge is 2.37. The summed E-state index contributed by atoms with van der Waals surface area (Å²) in [6.07, 6.45) is -0.348. The number of carbonyl (C=O) groups is 5. The number of esters is 1. The van der Waals surface area contributed by atoms with Crippen LogP contribution in [0.15, 0.2) is 88.4 Å². The molecule has 1 aliphatic rings. The predicted molar refractivity (Wildman–Crippen MR) is 303 cm³/mol. The number of carboxylic acid groups (broad SMARTS) is 2. The molecule has 464 valence electrons. The Labute approximate surface area is 498 Å². The van der Waals surface area contributed by atoms with Gasteiger partial charge < -0.3 is 48.2 Å². The number of amides is 1. The van der Waals surface area contributed by atoms with E-state index in [1.54, 1.807) is 12.0 Å². The Morgan fingerprint density at radius 2 is 1.49 bits per heavy atom. The number of anilines is 1. The molecular weight excluding hydrogens is 1250 g/mol. The van der Waals surface area contributed by atoms with Crippen molar-refractivity contribution in [2.45, 2.75) is 82.3 Å². The van der Waals surface area contributed by atoms with Crippen molar-refractivity contribution < 1.29 is 102 Å². The second kappa shape index (κ2) is 33.2. The third-order valence-electron chi connectivity index (χ3n) is 10.8. The van der Waals surface area contributed by atoms with E-state index in [0.717, 1.165) is 73.5 Å². The number of nitrogens with zero attached hydrogens (tertiary/aromatic N) is 2. The van der Waals surface area contributed by atoms with Crippen molar-refractivity contribution in [2.24, 2.45) is 0 Å². The summed E-state index contributed by atoms with van der Waals surface area (Å²) in [5.74, 6) is -3.99. The lowest BCUT2D eigenvalue weighted by Crippen LogP contribution is -2.43. The van der Waals surface area contributed by atoms with E-state index < -0.39 is 88.4 Å². The molecule has 6 rings (SSSR count). The molecule has 1 aliphatic carbocycles. The Morgan fingerprint density at radius 3 is 1.98 bits per heavy atom. The predicted octanol–water partition coefficient (Wildman–Crippen LogP) is 10.5. The van der Waals surface area contributed by atoms with Crippen molar-refractivity contribution in [1.29, 1.82) is 0 Å². The van der Waals surface area contributed by atoms with Crippen LogP contribution in [0.3, 0.4) is 0 Å². The van der Waals surface area contributed by atoms with Crippen LogP contribution in [-0.4, -0.2) is 128 Å². The van der Waals surface area contributed by atoms with Gasteiger partial charge in [-0.25, -0.2) is 18.0 Å². The molecule has 84 heavy (non-hydrogen) atoms. The molecule has 1 amide bonds. The first kappa shape index (κ1) is 74.4. The van der Waals surface area contributed by atoms with Gasteiger partial charge in [0.05, 0.1) is 93.3 Å². The summed E-state index contributed by atoms with van der Waals surface area (Å²) in [7, 11) is -6.11. The molecule has 0 saturated heterocycles. The van der Waals surface area contributed by atoms with E-state index in [-0.39, 0.29) is 62.0 Å². The topological polar surface area (TPSA) is 289 Å². The van der Waals surface area contributed by atoms with Gasteiger partial charge in [0.1, 0.15) is 25.0 Å². The van der Waals surface area contributed by atoms with Gasteiger partial charge in [0.15, 0.2) is 27.5 Å². The lowest BCUT2D eigenvalue weighted by Gasteiger charge is -2.31. The van der Waals surface area contributed by atoms with Crippen LogP contribution in [0.4, 0.5) is 32.0 Å². The van der Waals surface area contributed by atoms with E-state index in [4.69, 9.17) is 68.6 Å². The van der Waals surface area contributed by atoms with Crippen LogP contribution in [0.2, 0.25) is 10.0 Å². The molecule has 4 N–H and O–H groups in total. The Morgan fingerprint density at radius 1 is 0.905 bits per heavy atom. The third kappa shape index (κ3) is 24.7. The van der Waals surface area contributed by atoms with Crippen LogP contribution in [0.25, 0.3) is 0 Å². The average molecular weight is 1310 g/mol. The monoisotopic (exact) mass is 1310 g/mol. The van der Waals surface area contributed by atoms with Crippen LogP contribution in [0.1, 0.15) is 93.8 Å². The maximum atomic E-state index is 12.8. The van der Waals surface area contributed by atoms with Gasteiger partial charge in [0.25, 0.3) is 0 Å². The number of aliphatic carboxylic acids is 2. The maximum Gasteiger partial charge on any atom is 0.416 e. The first-order chi connectivity index (χ1) is 38.8. The summed E-state index contributed by atoms with van der Waals surface area (Å²) in [4.78, 5) is 76.5. The zero-order chi connectivity index (χ0) is 64.2. The Bertz CT molecular complexity index is 3230. The zero-order valence-electron chi connectivity index (χ0n) is 46.4. The van der Waals surface area contributed by atoms with Crippen molar-refractivity contribution in [1.82, 2.24) is 10.5 Å². The van der Waals surface area contributed by atoms with Crippen LogP contribution in [0.5, 0.6) is 11.5 Å². The van der Waals surface area contributed by atoms with Gasteiger partial charge in [-0.3, -0.25) is 19.7 Å². The largest absolute Gasteiger partial charge is 0.778 e. The fourth-order valence-corrected chi connectivity index (χ4v) is 8.75. The molecule has 19 nitrogen and oxygen atoms in total. The smallest absolute Gasteiger partial charge is 0.416 e. The normalized spacial score (nSPS) is 13.5. The number of rotatable bonds is 19. The molecule has 1 saturated carbocycles. The van der Waals surface area contributed by atoms with E-state index in [2.05, 4.69) is 36.9 Å². The number of benzene rings is 4. The molecule has 0 bridgehead atoms. The minimum atomic E-state index is -4.71. The number of methoxy groups -OCH3 is 1. The molecule has 1 aromatic heterocycles. The molecule has 2 unspecified atom stereocenters. The average Bonchev–Trinajstić information content (AvgIpc) is 2.26. The van der Waals surface area contributed by atoms with Crippen LogP contribution in [0, 0.1) is 6.92 Å². The summed E-state index contributed by atoms with van der Waals surface area (Å²) < 4.78 is 131. The number of para-hydroxylation sites is 1. The third-order valence-corrected chi connectivity index (χ3v) is 13.4. The van der Waals surface area contributed by atoms with Crippen molar-refractivity contribution in [3.05, 3.63) is 134 Å². The Kier molecular flexibility index (Phi) is 29.4. The Hall–Kier alpha value is -5.74. The van der Waals surface area contributed by atoms with Gasteiger partial charge in [0.2, 0.25) is 5.91 Å². The molecule has 0 radical (unpaired) electrons. The van der Waals surface area contributed by atoms with Crippen LogP contribution >= 0.6 is 42.4 Å². The van der Waals surface area contributed by atoms with Crippen LogP contribution in [-0.2, 0) is 67.9 Å². The number of hydrogen-bond acceptors (Lipinski definition) is 15. The highest BCUT2D eigenvalue weighted by Crippen LogP contribution is 2.43. The highest BCUT2D eigenvalue weighted by molar-refractivity contribution is 7.94. The van der Waals surface area contributed by atoms with Gasteiger partial charge in [-0.2, -0.15) is 26.3 Å². The van der Waals surface area contributed by atoms with Crippen LogP contribution < -0.4 is 19.8 Å². The van der Waals surface area contributed by atoms with E-state index >= 15 is 0 Å². The molecule has 1 heterocycles. The second-order valence-corrected chi connectivity index (χ2v) is 25.5. The lowest BCUT2D eigenvalue weighted by molar-refractivity contribution is -0.193. The quantitative estimate of drug-likeness (QED) is 0.0149. The first-order valence-electron chi connectivity index (χ1n) is 24.4. The number of ketones is 1. The summed E-state index contributed by atoms with van der Waals surface area (Å²) >= 11 is 17.5. The number of nitrogens with one attached hydrogen (secondary N) is 1. The van der Waals surface area contributed by atoms with Crippen molar-refractivity contribution in [2.75, 3.05) is 62.4 Å². The van der Waals surface area contributed by atoms with E-state index in [1.807, 2.05) is 31.3 Å². The van der Waals surface area contributed by atoms with Gasteiger partial charge >= 0.3 is 30.3 Å². The van der Waals surface area contributed by atoms with Gasteiger partial charge in [0, 0.05) is 24.8 Å². The standard InChI is InChI=1S/C17H11Cl2F3O5.C15H22ClNO2.C15H12F3NO4S.C3H8NO5P.C3H9S/c1-8(15(23)24)26-16(25)11-7-10(3-4-12(11)18)27-14-5-2-9(6-13(14)19)17(20,21)22;1-5-13-8-6-7-11(2)15(13)17(14(18)9-16)12(3)10-19-4;1-24(21,22)12-6-9(15(16,17)18)4-5-10(12)13(20)11-7-19-23-14(11)8-2-3-8;5-3(6)1-4-2-10(7,8)9;1-4(2)3/h2-8H,1H3,(H,23,24);6-8,12H,5,9-10H2,1-4H3;4-8H,2-3H2,1H3;4H,1-2H2,(H,5,6)(H2,7,8,9);1-3H3/q;;;;+1/p-1/t8-;;;;/m0..../s1. The van der Waals surface area contributed by atoms with E-state index in [0.29, 0.717) is 41.5 Å². The molecule has 0 aliphatic heterocycles. The van der Waals surface area contributed by atoms with E-state index in [1.165, 1.54) is 18.3 Å². The van der Waals surface area contributed by atoms with Crippen molar-refractivity contribution in [3.8, 4) is 11.5 Å². The number of alkyl halides is 7. The molecule has 1 fully saturated rings. The van der Waals surface area contributed by atoms with Gasteiger partial charge in [-0.05, 0) is 117 Å². The number of aromatic nitrogens is 1. The Balaban J connectivity index is 0.000000390. The molecule has 3 atom stereocenters. The van der Waals surface area contributed by atoms with Crippen molar-refractivity contribution >= 4 is 98.4 Å². The summed E-state index contributed by atoms with van der Waals surface area (Å²) in [5, 5.41) is 22.0. The summed E-state index contributed by atoms with van der Waals surface area (Å²) in [5.41, 5.74) is 0.723. The SMILES string of the molecule is CCc1cccc(C)c1N(C(=O)CCl)C(C)COC.CS(=O)(=O)c1cc(C(F)(F)F)ccc1C(=O)c1cnoc1C1CC1.C[C@H](OC(=O)c1cc(Oc2ccc(C(F)(F)F)cc2Cl)ccc1Cl)C(=O)O.C[S+](C)C.O=C(O)CNCP(=O)([O-])O. The van der Waals surface area contributed by atoms with E-state index in [9.17, 15) is 68.2 Å². The lowest BCUT2D eigenvalue weighted by atomic mass is 10.0. The number of hydrogen-bond donors (Lipinski definition) is 4. The first-order valence-corrected chi connectivity index (χ1v) is 31.8. The number of carboxylic acids is 2. The van der Waals surface area contributed by atoms with Crippen molar-refractivity contribution in [3.63, 3.8) is 0 Å². The number of sulfone groups is 1. The number of halogens is 9. The number of carbonyl (C=O) groups excluding carboxylic acids is 3. The highest BCUT2D eigenvalue weighted by atomic mass is 35.5. The molecule has 4 aromatic carbocycles. The molecular formula is C53H61Cl3F6N3O16PS2. The summed E-state index contributed by atoms with van der Waals surface area (Å²) in [6, 6.07) is 14.4. The fourth-order valence-electron chi connectivity index (χ4n) is 6.91. The minimum absolute atomic E-state index is 0.0223. The van der Waals surface area contributed by atoms with Gasteiger partial charge in [-0.15, -0.1) is 11.6 Å². The van der Waals surface area contributed by atoms with Gasteiger partial charge in [-0.1, -0.05) is 53.5 Å². The molecule has 31 heteroatoms.